The average molecular weight is 250 g/mol. The lowest BCUT2D eigenvalue weighted by Crippen LogP contribution is -1.79. The lowest BCUT2D eigenvalue weighted by molar-refractivity contribution is 0.588. The van der Waals surface area contributed by atoms with Crippen LogP contribution in [0.4, 0.5) is 0 Å². The first kappa shape index (κ1) is 11.7. The fraction of sp³-hybridized carbons (Fsp3) is 0.125. The lowest BCUT2D eigenvalue weighted by atomic mass is 10.1. The average Bonchev–Trinajstić information content (AvgIpc) is 2.83. The Morgan fingerprint density at radius 2 is 1.53 bits per heavy atom. The molecule has 19 heavy (non-hydrogen) atoms. The van der Waals surface area contributed by atoms with E-state index in [1.165, 1.54) is 5.56 Å². The molecule has 0 spiro atoms. The maximum absolute atomic E-state index is 5.89. The Labute approximate surface area is 112 Å². The van der Waals surface area contributed by atoms with Crippen molar-refractivity contribution in [1.82, 2.24) is 9.97 Å². The van der Waals surface area contributed by atoms with E-state index in [0.29, 0.717) is 5.89 Å². The second-order valence-electron chi connectivity index (χ2n) is 4.54. The molecule has 0 saturated carbocycles. The van der Waals surface area contributed by atoms with Crippen LogP contribution in [-0.4, -0.2) is 9.97 Å². The van der Waals surface area contributed by atoms with Crippen LogP contribution in [0.5, 0.6) is 0 Å². The number of aromatic nitrogens is 2. The highest BCUT2D eigenvalue weighted by atomic mass is 16.4. The molecule has 3 nitrogen and oxygen atoms in total. The summed E-state index contributed by atoms with van der Waals surface area (Å²) in [5.74, 6) is 1.46. The second-order valence-corrected chi connectivity index (χ2v) is 4.54. The first-order valence-electron chi connectivity index (χ1n) is 6.19. The number of aryl methyl sites for hydroxylation is 2. The number of pyridine rings is 1. The summed E-state index contributed by atoms with van der Waals surface area (Å²) in [5, 5.41) is 0. The molecule has 0 bridgehead atoms. The summed E-state index contributed by atoms with van der Waals surface area (Å²) < 4.78 is 5.89. The smallest absolute Gasteiger partial charge is 0.226 e. The van der Waals surface area contributed by atoms with Crippen molar-refractivity contribution < 1.29 is 4.42 Å². The molecule has 2 aromatic heterocycles. The minimum Gasteiger partial charge on any atom is -0.436 e. The van der Waals surface area contributed by atoms with Gasteiger partial charge in [0.05, 0.1) is 5.69 Å². The first-order valence-corrected chi connectivity index (χ1v) is 6.19. The minimum absolute atomic E-state index is 0.657. The van der Waals surface area contributed by atoms with Crippen molar-refractivity contribution in [3.05, 3.63) is 60.0 Å². The molecule has 0 aliphatic carbocycles. The van der Waals surface area contributed by atoms with Crippen molar-refractivity contribution >= 4 is 0 Å². The van der Waals surface area contributed by atoms with Crippen molar-refractivity contribution in [3.63, 3.8) is 0 Å². The Morgan fingerprint density at radius 3 is 2.21 bits per heavy atom. The van der Waals surface area contributed by atoms with E-state index in [1.807, 2.05) is 31.2 Å². The third-order valence-corrected chi connectivity index (χ3v) is 3.04. The van der Waals surface area contributed by atoms with Crippen LogP contribution < -0.4 is 0 Å². The molecule has 0 radical (unpaired) electrons. The van der Waals surface area contributed by atoms with Gasteiger partial charge in [-0.25, -0.2) is 4.98 Å². The van der Waals surface area contributed by atoms with E-state index in [9.17, 15) is 0 Å². The maximum Gasteiger partial charge on any atom is 0.226 e. The summed E-state index contributed by atoms with van der Waals surface area (Å²) in [6.07, 6.45) is 3.51. The standard InChI is InChI=1S/C16H14N2O/c1-11-3-5-14(6-4-11)16-18-12(2)15(19-16)13-7-9-17-10-8-13/h3-10H,1-2H3. The highest BCUT2D eigenvalue weighted by Gasteiger charge is 2.12. The third kappa shape index (κ3) is 2.27. The summed E-state index contributed by atoms with van der Waals surface area (Å²) in [7, 11) is 0. The van der Waals surface area contributed by atoms with Gasteiger partial charge >= 0.3 is 0 Å². The molecule has 0 aliphatic heterocycles. The van der Waals surface area contributed by atoms with Crippen LogP contribution in [0.15, 0.2) is 53.2 Å². The number of hydrogen-bond acceptors (Lipinski definition) is 3. The number of hydrogen-bond donors (Lipinski definition) is 0. The van der Waals surface area contributed by atoms with Crippen molar-refractivity contribution in [2.45, 2.75) is 13.8 Å². The van der Waals surface area contributed by atoms with E-state index in [4.69, 9.17) is 4.42 Å². The number of rotatable bonds is 2. The van der Waals surface area contributed by atoms with Crippen LogP contribution in [0.2, 0.25) is 0 Å². The largest absolute Gasteiger partial charge is 0.436 e. The zero-order valence-corrected chi connectivity index (χ0v) is 10.9. The number of benzene rings is 1. The van der Waals surface area contributed by atoms with Crippen molar-refractivity contribution in [3.8, 4) is 22.8 Å². The van der Waals surface area contributed by atoms with Gasteiger partial charge in [-0.2, -0.15) is 0 Å². The first-order chi connectivity index (χ1) is 9.24. The van der Waals surface area contributed by atoms with Crippen LogP contribution in [0.3, 0.4) is 0 Å². The Kier molecular flexibility index (Phi) is 2.88. The SMILES string of the molecule is Cc1ccc(-c2nc(C)c(-c3ccncc3)o2)cc1. The summed E-state index contributed by atoms with van der Waals surface area (Å²) in [4.78, 5) is 8.51. The van der Waals surface area contributed by atoms with Gasteiger partial charge in [-0.15, -0.1) is 0 Å². The van der Waals surface area contributed by atoms with Gasteiger partial charge in [-0.05, 0) is 38.1 Å². The summed E-state index contributed by atoms with van der Waals surface area (Å²) in [6, 6.07) is 12.0. The fourth-order valence-electron chi connectivity index (χ4n) is 1.99. The third-order valence-electron chi connectivity index (χ3n) is 3.04. The molecule has 1 aromatic carbocycles. The molecule has 94 valence electrons. The van der Waals surface area contributed by atoms with Gasteiger partial charge in [0.1, 0.15) is 0 Å². The van der Waals surface area contributed by atoms with E-state index in [2.05, 4.69) is 29.0 Å². The molecule has 0 fully saturated rings. The van der Waals surface area contributed by atoms with Gasteiger partial charge in [0.25, 0.3) is 0 Å². The molecule has 3 rings (SSSR count). The molecular formula is C16H14N2O. The normalized spacial score (nSPS) is 10.6. The molecule has 3 heteroatoms. The summed E-state index contributed by atoms with van der Waals surface area (Å²) >= 11 is 0. The predicted octanol–water partition coefficient (Wildman–Crippen LogP) is 4.02. The van der Waals surface area contributed by atoms with Gasteiger partial charge in [-0.1, -0.05) is 17.7 Å². The second kappa shape index (κ2) is 4.69. The van der Waals surface area contributed by atoms with Crippen LogP contribution in [-0.2, 0) is 0 Å². The Hall–Kier alpha value is -2.42. The maximum atomic E-state index is 5.89. The zero-order chi connectivity index (χ0) is 13.2. The zero-order valence-electron chi connectivity index (χ0n) is 10.9. The number of oxazole rings is 1. The highest BCUT2D eigenvalue weighted by Crippen LogP contribution is 2.28. The Balaban J connectivity index is 2.04. The van der Waals surface area contributed by atoms with Crippen LogP contribution in [0.25, 0.3) is 22.8 Å². The minimum atomic E-state index is 0.657. The predicted molar refractivity (Wildman–Crippen MR) is 74.6 cm³/mol. The summed E-state index contributed by atoms with van der Waals surface area (Å²) in [6.45, 7) is 4.02. The lowest BCUT2D eigenvalue weighted by Gasteiger charge is -1.97. The van der Waals surface area contributed by atoms with Gasteiger partial charge in [0.15, 0.2) is 5.76 Å². The quantitative estimate of drug-likeness (QED) is 0.689. The van der Waals surface area contributed by atoms with Crippen molar-refractivity contribution in [2.75, 3.05) is 0 Å². The van der Waals surface area contributed by atoms with Crippen LogP contribution in [0, 0.1) is 13.8 Å². The molecule has 2 heterocycles. The molecule has 0 N–H and O–H groups in total. The molecule has 0 atom stereocenters. The van der Waals surface area contributed by atoms with Crippen molar-refractivity contribution in [2.24, 2.45) is 0 Å². The molecule has 0 aliphatic rings. The molecule has 0 unspecified atom stereocenters. The van der Waals surface area contributed by atoms with Gasteiger partial charge in [0, 0.05) is 23.5 Å². The highest BCUT2D eigenvalue weighted by molar-refractivity contribution is 5.63. The van der Waals surface area contributed by atoms with Gasteiger partial charge < -0.3 is 4.42 Å². The van der Waals surface area contributed by atoms with Crippen LogP contribution in [0.1, 0.15) is 11.3 Å². The van der Waals surface area contributed by atoms with Gasteiger partial charge in [-0.3, -0.25) is 4.98 Å². The molecule has 0 saturated heterocycles. The number of nitrogens with zero attached hydrogens (tertiary/aromatic N) is 2. The van der Waals surface area contributed by atoms with E-state index in [-0.39, 0.29) is 0 Å². The molecule has 3 aromatic rings. The van der Waals surface area contributed by atoms with Gasteiger partial charge in [0.2, 0.25) is 5.89 Å². The fourth-order valence-corrected chi connectivity index (χ4v) is 1.99. The Morgan fingerprint density at radius 1 is 0.842 bits per heavy atom. The molecule has 0 amide bonds. The van der Waals surface area contributed by atoms with E-state index >= 15 is 0 Å². The molecular weight excluding hydrogens is 236 g/mol. The monoisotopic (exact) mass is 250 g/mol. The van der Waals surface area contributed by atoms with E-state index < -0.39 is 0 Å². The van der Waals surface area contributed by atoms with E-state index in [1.54, 1.807) is 12.4 Å². The summed E-state index contributed by atoms with van der Waals surface area (Å²) in [5.41, 5.74) is 4.11. The van der Waals surface area contributed by atoms with Crippen LogP contribution >= 0.6 is 0 Å². The van der Waals surface area contributed by atoms with Crippen molar-refractivity contribution in [1.29, 1.82) is 0 Å². The Bertz CT molecular complexity index is 685. The topological polar surface area (TPSA) is 38.9 Å². The van der Waals surface area contributed by atoms with E-state index in [0.717, 1.165) is 22.6 Å².